The molecule has 2 aromatic carbocycles. The second kappa shape index (κ2) is 14.7. The second-order valence-electron chi connectivity index (χ2n) is 2.33. The Morgan fingerprint density at radius 1 is 0.929 bits per heavy atom. The van der Waals surface area contributed by atoms with Crippen LogP contribution in [0.25, 0.3) is 0 Å². The van der Waals surface area contributed by atoms with Gasteiger partial charge in [-0.15, -0.1) is 0 Å². The minimum atomic E-state index is 0. The van der Waals surface area contributed by atoms with E-state index in [9.17, 15) is 0 Å². The summed E-state index contributed by atoms with van der Waals surface area (Å²) in [7, 11) is 0. The molecule has 0 fully saturated rings. The fourth-order valence-corrected chi connectivity index (χ4v) is 0.642. The molecule has 0 radical (unpaired) electrons. The smallest absolute Gasteiger partial charge is 0 e. The van der Waals surface area contributed by atoms with Gasteiger partial charge in [0.2, 0.25) is 0 Å². The Morgan fingerprint density at radius 3 is 1.36 bits per heavy atom. The first-order valence-electron chi connectivity index (χ1n) is 4.45. The maximum atomic E-state index is 4.85. The summed E-state index contributed by atoms with van der Waals surface area (Å²) >= 11 is 0. The van der Waals surface area contributed by atoms with Crippen LogP contribution in [0.3, 0.4) is 0 Å². The summed E-state index contributed by atoms with van der Waals surface area (Å²) < 4.78 is 0. The number of hydrogen-bond acceptors (Lipinski definition) is 1. The number of nitrogens with two attached hydrogens (primary N) is 1. The molecule has 0 bridgehead atoms. The molecule has 0 aliphatic carbocycles. The monoisotopic (exact) mass is 231 g/mol. The maximum absolute atomic E-state index is 4.85. The zero-order valence-corrected chi connectivity index (χ0v) is 9.52. The van der Waals surface area contributed by atoms with Gasteiger partial charge in [-0.1, -0.05) is 6.92 Å². The summed E-state index contributed by atoms with van der Waals surface area (Å²) in [4.78, 5) is 0. The van der Waals surface area contributed by atoms with E-state index in [1.165, 1.54) is 0 Å². The Bertz CT molecular complexity index is 162. The van der Waals surface area contributed by atoms with Crippen molar-refractivity contribution in [3.05, 3.63) is 60.7 Å². The molecule has 0 aromatic heterocycles. The molecular weight excluding hydrogens is 214 g/mol. The molecule has 84 valence electrons. The first-order chi connectivity index (χ1) is 6.41. The van der Waals surface area contributed by atoms with Crippen LogP contribution in [-0.2, 0) is 17.1 Å². The van der Waals surface area contributed by atoms with Crippen molar-refractivity contribution in [2.75, 3.05) is 6.54 Å². The third kappa shape index (κ3) is 13.7. The summed E-state index contributed by atoms with van der Waals surface area (Å²) in [5.41, 5.74) is 4.85. The van der Waals surface area contributed by atoms with Crippen LogP contribution in [0.1, 0.15) is 6.92 Å². The van der Waals surface area contributed by atoms with E-state index in [-0.39, 0.29) is 17.1 Å². The molecule has 0 saturated carbocycles. The Hall–Kier alpha value is -0.821. The van der Waals surface area contributed by atoms with Crippen LogP contribution >= 0.6 is 0 Å². The van der Waals surface area contributed by atoms with Gasteiger partial charge in [0.1, 0.15) is 0 Å². The standard InChI is InChI=1S/2C5H5.C2H7N.Fe/c2*1-2-4-5-3-1;1-2-3;/h2*1-5H;2-3H2,1H3;/q-5;-1;;. The summed E-state index contributed by atoms with van der Waals surface area (Å²) in [5.74, 6) is 0. The largest absolute Gasteiger partial charge is 0.748 e. The van der Waals surface area contributed by atoms with Crippen molar-refractivity contribution in [3.63, 3.8) is 0 Å². The molecule has 2 rings (SSSR count). The third-order valence-corrected chi connectivity index (χ3v) is 1.11. The Labute approximate surface area is 97.1 Å². The summed E-state index contributed by atoms with van der Waals surface area (Å²) in [6, 6.07) is 20.0. The molecule has 2 N–H and O–H groups in total. The van der Waals surface area contributed by atoms with Gasteiger partial charge in [0.15, 0.2) is 0 Å². The van der Waals surface area contributed by atoms with Gasteiger partial charge in [-0.05, 0) is 6.54 Å². The zero-order chi connectivity index (χ0) is 9.78. The molecule has 1 nitrogen and oxygen atoms in total. The molecule has 0 aliphatic rings. The summed E-state index contributed by atoms with van der Waals surface area (Å²) in [5, 5.41) is 0. The molecule has 0 amide bonds. The predicted octanol–water partition coefficient (Wildman–Crippen LogP) is 2.77. The molecule has 2 heteroatoms. The van der Waals surface area contributed by atoms with E-state index in [2.05, 4.69) is 0 Å². The van der Waals surface area contributed by atoms with Gasteiger partial charge in [-0.25, -0.2) is 12.1 Å². The molecule has 2 aromatic rings. The van der Waals surface area contributed by atoms with Crippen LogP contribution in [0, 0.1) is 0 Å². The fraction of sp³-hybridized carbons (Fsp3) is 0.167. The van der Waals surface area contributed by atoms with E-state index in [4.69, 9.17) is 5.73 Å². The van der Waals surface area contributed by atoms with E-state index in [1.54, 1.807) is 0 Å². The predicted molar refractivity (Wildman–Crippen MR) is 58.8 cm³/mol. The van der Waals surface area contributed by atoms with Crippen LogP contribution in [0.2, 0.25) is 0 Å². The third-order valence-electron chi connectivity index (χ3n) is 1.11. The van der Waals surface area contributed by atoms with Gasteiger partial charge < -0.3 is 36.1 Å². The second-order valence-corrected chi connectivity index (χ2v) is 2.33. The van der Waals surface area contributed by atoms with Crippen molar-refractivity contribution in [2.24, 2.45) is 5.73 Å². The van der Waals surface area contributed by atoms with E-state index >= 15 is 0 Å². The zero-order valence-electron chi connectivity index (χ0n) is 8.41. The average Bonchev–Trinajstić information content (AvgIpc) is 2.85. The molecule has 0 spiro atoms. The Balaban J connectivity index is 0. The number of hydrogen-bond donors (Lipinski definition) is 1. The van der Waals surface area contributed by atoms with Crippen LogP contribution in [0.15, 0.2) is 60.7 Å². The van der Waals surface area contributed by atoms with Crippen molar-refractivity contribution in [2.45, 2.75) is 6.92 Å². The summed E-state index contributed by atoms with van der Waals surface area (Å²) in [6.07, 6.45) is 0. The molecular formula is C12H17FeN-6. The van der Waals surface area contributed by atoms with Crippen molar-refractivity contribution in [1.29, 1.82) is 0 Å². The van der Waals surface area contributed by atoms with Crippen LogP contribution in [-0.4, -0.2) is 6.54 Å². The van der Waals surface area contributed by atoms with Gasteiger partial charge in [-0.2, -0.15) is 18.2 Å². The van der Waals surface area contributed by atoms with Crippen LogP contribution in [0.4, 0.5) is 0 Å². The average molecular weight is 231 g/mol. The van der Waals surface area contributed by atoms with Gasteiger partial charge in [0.05, 0.1) is 0 Å². The van der Waals surface area contributed by atoms with E-state index in [0.717, 1.165) is 6.54 Å². The maximum Gasteiger partial charge on any atom is 0 e. The first kappa shape index (κ1) is 15.6. The van der Waals surface area contributed by atoms with Crippen molar-refractivity contribution in [1.82, 2.24) is 0 Å². The van der Waals surface area contributed by atoms with Crippen LogP contribution in [0.5, 0.6) is 0 Å². The van der Waals surface area contributed by atoms with Gasteiger partial charge >= 0.3 is 0 Å². The normalized spacial score (nSPS) is 7.00. The Kier molecular flexibility index (Phi) is 16.4. The molecule has 0 heterocycles. The van der Waals surface area contributed by atoms with Crippen molar-refractivity contribution in [3.8, 4) is 0 Å². The minimum Gasteiger partial charge on any atom is -0.748 e. The van der Waals surface area contributed by atoms with Crippen LogP contribution < -0.4 is 5.73 Å². The molecule has 0 atom stereocenters. The quantitative estimate of drug-likeness (QED) is 0.547. The number of rotatable bonds is 0. The van der Waals surface area contributed by atoms with E-state index in [1.807, 2.05) is 67.6 Å². The van der Waals surface area contributed by atoms with E-state index < -0.39 is 0 Å². The molecule has 0 aliphatic heterocycles. The fourth-order valence-electron chi connectivity index (χ4n) is 0.642. The van der Waals surface area contributed by atoms with Gasteiger partial charge in [-0.3, -0.25) is 0 Å². The SMILES string of the molecule is CCN.[Fe].[cH-]1[cH-][cH-][cH-][cH-]1.c1cc[cH-]c1. The Morgan fingerprint density at radius 2 is 1.21 bits per heavy atom. The van der Waals surface area contributed by atoms with E-state index in [0.29, 0.717) is 0 Å². The van der Waals surface area contributed by atoms with Gasteiger partial charge in [0.25, 0.3) is 0 Å². The van der Waals surface area contributed by atoms with Crippen molar-refractivity contribution < 1.29 is 17.1 Å². The topological polar surface area (TPSA) is 26.0 Å². The molecule has 0 unspecified atom stereocenters. The molecule has 14 heavy (non-hydrogen) atoms. The molecule has 0 saturated heterocycles. The first-order valence-corrected chi connectivity index (χ1v) is 4.45. The van der Waals surface area contributed by atoms with Gasteiger partial charge in [0, 0.05) is 17.1 Å². The van der Waals surface area contributed by atoms with Crippen molar-refractivity contribution >= 4 is 0 Å². The minimum absolute atomic E-state index is 0. The summed E-state index contributed by atoms with van der Waals surface area (Å²) in [6.45, 7) is 2.65.